The van der Waals surface area contributed by atoms with Crippen LogP contribution in [-0.2, 0) is 68.5 Å². The number of phenols is 1. The van der Waals surface area contributed by atoms with Crippen LogP contribution in [0.3, 0.4) is 0 Å². The number of aromatic hydroxyl groups is 1. The van der Waals surface area contributed by atoms with Gasteiger partial charge in [-0.3, -0.25) is 43.9 Å². The molecular formula is C59H91N9O16S. The van der Waals surface area contributed by atoms with E-state index in [2.05, 4.69) is 45.5 Å². The third kappa shape index (κ3) is 22.5. The third-order valence-electron chi connectivity index (χ3n) is 15.3. The number of hydroxylamine groups is 2. The fourth-order valence-electron chi connectivity index (χ4n) is 10.4. The smallest absolute Gasteiger partial charge is 0.426 e. The zero-order valence-electron chi connectivity index (χ0n) is 50.6. The van der Waals surface area contributed by atoms with E-state index in [0.717, 1.165) is 37.8 Å². The number of hydrogen-bond acceptors (Lipinski definition) is 19. The van der Waals surface area contributed by atoms with Crippen molar-refractivity contribution in [1.29, 1.82) is 0 Å². The van der Waals surface area contributed by atoms with Crippen LogP contribution in [0.25, 0.3) is 0 Å². The summed E-state index contributed by atoms with van der Waals surface area (Å²) in [5.74, 6) is -4.48. The Balaban J connectivity index is 1.05. The number of fused-ring (bicyclic) bond motifs is 1. The van der Waals surface area contributed by atoms with Gasteiger partial charge in [-0.25, -0.2) is 20.0 Å². The van der Waals surface area contributed by atoms with E-state index < -0.39 is 59.8 Å². The largest absolute Gasteiger partial charge is 0.508 e. The minimum absolute atomic E-state index is 0.00120. The number of likely N-dealkylation sites (tertiary alicyclic amines) is 1. The Bertz CT molecular complexity index is 2500. The number of hydrogen-bond donors (Lipinski definition) is 6. The maximum absolute atomic E-state index is 14.8. The highest BCUT2D eigenvalue weighted by Crippen LogP contribution is 2.35. The van der Waals surface area contributed by atoms with Gasteiger partial charge in [0.05, 0.1) is 51.6 Å². The summed E-state index contributed by atoms with van der Waals surface area (Å²) in [5.41, 5.74) is 6.24. The molecule has 474 valence electrons. The highest BCUT2D eigenvalue weighted by molar-refractivity contribution is 7.09. The predicted octanol–water partition coefficient (Wildman–Crippen LogP) is 4.90. The molecule has 5 rings (SSSR count). The molecule has 2 saturated heterocycles. The van der Waals surface area contributed by atoms with E-state index in [4.69, 9.17) is 33.5 Å². The lowest BCUT2D eigenvalue weighted by Crippen LogP contribution is -2.58. The van der Waals surface area contributed by atoms with Gasteiger partial charge in [0.2, 0.25) is 23.6 Å². The maximum Gasteiger partial charge on any atom is 0.426 e. The Morgan fingerprint density at radius 3 is 2.21 bits per heavy atom. The molecule has 3 aliphatic rings. The number of phenolic OH excluding ortho intramolecular Hbond substituents is 1. The number of aryl methyl sites for hydroxylation is 1. The van der Waals surface area contributed by atoms with Crippen LogP contribution in [0.4, 0.5) is 4.79 Å². The molecule has 0 unspecified atom stereocenters. The van der Waals surface area contributed by atoms with Gasteiger partial charge in [-0.05, 0) is 100 Å². The first-order chi connectivity index (χ1) is 40.8. The van der Waals surface area contributed by atoms with Gasteiger partial charge in [-0.1, -0.05) is 60.5 Å². The molecule has 8 amide bonds. The topological polar surface area (TPSA) is 312 Å². The number of hydrazine groups is 1. The summed E-state index contributed by atoms with van der Waals surface area (Å²) in [6.07, 6.45) is 5.04. The number of carbonyl (C=O) groups excluding carboxylic acids is 9. The molecule has 85 heavy (non-hydrogen) atoms. The summed E-state index contributed by atoms with van der Waals surface area (Å²) >= 11 is 1.30. The molecule has 1 aromatic heterocycles. The zero-order chi connectivity index (χ0) is 61.8. The number of amides is 8. The minimum Gasteiger partial charge on any atom is -0.508 e. The lowest BCUT2D eigenvalue weighted by atomic mass is 9.91. The van der Waals surface area contributed by atoms with Crippen LogP contribution in [0.5, 0.6) is 5.75 Å². The molecule has 0 saturated carbocycles. The number of aromatic nitrogens is 1. The zero-order valence-corrected chi connectivity index (χ0v) is 51.4. The first-order valence-electron chi connectivity index (χ1n) is 30.1. The van der Waals surface area contributed by atoms with Crippen LogP contribution < -0.4 is 26.8 Å². The molecule has 1 aliphatic carbocycles. The number of rotatable bonds is 35. The summed E-state index contributed by atoms with van der Waals surface area (Å²) in [6, 6.07) is 3.02. The number of thiazole rings is 1. The molecule has 3 heterocycles. The number of nitrogens with zero attached hydrogens (tertiary/aromatic N) is 4. The van der Waals surface area contributed by atoms with Gasteiger partial charge in [0.1, 0.15) is 35.2 Å². The maximum atomic E-state index is 14.8. The average Bonchev–Trinajstić information content (AvgIpc) is 4.23. The van der Waals surface area contributed by atoms with E-state index in [1.165, 1.54) is 23.5 Å². The normalized spacial score (nSPS) is 18.5. The number of likely N-dealkylation sites (N-methyl/N-ethyl adjacent to an activating group) is 1. The molecule has 2 aliphatic heterocycles. The number of nitrogens with one attached hydrogen (secondary N) is 5. The Morgan fingerprint density at radius 1 is 0.835 bits per heavy atom. The highest BCUT2D eigenvalue weighted by atomic mass is 32.1. The fourth-order valence-corrected chi connectivity index (χ4v) is 11.2. The SMILES string of the molecule is CCCO[C@H](C[C@H](C(C)C)N(CCC)C(=O)[C@@H](NC(=O)[C@H]1CCCCN1C)[C@@H](C)CC)c1nc(C(=O)N[C@H]2CCc3ccc(O)cc3[C@H](C(=O)NNC(=O)OCCOCCOCCOCCNC(=O)CCCC(=O)ON3C(=O)CCC3=O)C2)cs1. The van der Waals surface area contributed by atoms with E-state index in [-0.39, 0.29) is 144 Å². The van der Waals surface area contributed by atoms with E-state index in [0.29, 0.717) is 60.9 Å². The lowest BCUT2D eigenvalue weighted by Gasteiger charge is -2.40. The number of ether oxygens (including phenoxy) is 5. The van der Waals surface area contributed by atoms with Crippen molar-refractivity contribution in [2.45, 2.75) is 174 Å². The van der Waals surface area contributed by atoms with Gasteiger partial charge in [0.25, 0.3) is 17.7 Å². The summed E-state index contributed by atoms with van der Waals surface area (Å²) in [7, 11) is 1.96. The predicted molar refractivity (Wildman–Crippen MR) is 312 cm³/mol. The Labute approximate surface area is 502 Å². The van der Waals surface area contributed by atoms with Crippen LogP contribution in [0.2, 0.25) is 0 Å². The summed E-state index contributed by atoms with van der Waals surface area (Å²) in [6.45, 7) is 15.3. The quantitative estimate of drug-likeness (QED) is 0.0231. The van der Waals surface area contributed by atoms with Crippen LogP contribution >= 0.6 is 11.3 Å². The minimum atomic E-state index is -0.932. The molecule has 0 radical (unpaired) electrons. The summed E-state index contributed by atoms with van der Waals surface area (Å²) in [5, 5.41) is 22.2. The van der Waals surface area contributed by atoms with Crippen LogP contribution in [0, 0.1) is 11.8 Å². The molecule has 2 aromatic rings. The standard InChI is InChI=1S/C59H91N9O16S/c1-8-24-67(58(77)53(39(6)10-3)63-56(76)46-14-11-12-25-66(46)7)47(38(4)5)36-48(82-26-9-2)57-62-45(37-85-57)55(75)61-41-19-17-40-18-20-42(69)35-43(40)44(34-41)54(74)64-65-59(78)83-33-32-81-31-30-80-29-28-79-27-23-60-49(70)15-13-16-52(73)84-68-50(71)21-22-51(68)72/h18,20,35,37-39,41,44,46-48,53,69H,8-17,19,21-34,36H2,1-7H3,(H,60,70)(H,61,75)(H,63,76)(H,64,74)(H,65,78)/t39-,41-,44+,46+,47+,48+,53-/m0/s1. The van der Waals surface area contributed by atoms with Crippen molar-refractivity contribution in [2.24, 2.45) is 11.8 Å². The van der Waals surface area contributed by atoms with Gasteiger partial charge in [-0.15, -0.1) is 16.4 Å². The van der Waals surface area contributed by atoms with Crippen molar-refractivity contribution in [1.82, 2.24) is 46.6 Å². The van der Waals surface area contributed by atoms with E-state index in [9.17, 15) is 48.3 Å². The molecule has 6 N–H and O–H groups in total. The second kappa shape index (κ2) is 36.6. The molecule has 26 heteroatoms. The Morgan fingerprint density at radius 2 is 1.54 bits per heavy atom. The third-order valence-corrected chi connectivity index (χ3v) is 16.2. The number of carbonyl (C=O) groups is 9. The molecule has 7 atom stereocenters. The average molecular weight is 1210 g/mol. The molecule has 25 nitrogen and oxygen atoms in total. The Kier molecular flexibility index (Phi) is 29.9. The first kappa shape index (κ1) is 69.5. The van der Waals surface area contributed by atoms with E-state index in [1.807, 2.05) is 39.6 Å². The molecule has 0 spiro atoms. The van der Waals surface area contributed by atoms with Crippen molar-refractivity contribution in [3.8, 4) is 5.75 Å². The van der Waals surface area contributed by atoms with Crippen LogP contribution in [0.1, 0.15) is 170 Å². The highest BCUT2D eigenvalue weighted by Gasteiger charge is 2.39. The van der Waals surface area contributed by atoms with Crippen molar-refractivity contribution in [2.75, 3.05) is 79.5 Å². The second-order valence-corrected chi connectivity index (χ2v) is 23.0. The lowest BCUT2D eigenvalue weighted by molar-refractivity contribution is -0.197. The van der Waals surface area contributed by atoms with Crippen LogP contribution in [0.15, 0.2) is 23.6 Å². The number of benzene rings is 1. The van der Waals surface area contributed by atoms with Crippen LogP contribution in [-0.4, -0.2) is 182 Å². The number of piperidine rings is 1. The first-order valence-corrected chi connectivity index (χ1v) is 31.0. The molecular weight excluding hydrogens is 1120 g/mol. The van der Waals surface area contributed by atoms with Gasteiger partial charge < -0.3 is 54.5 Å². The van der Waals surface area contributed by atoms with Gasteiger partial charge in [0.15, 0.2) is 0 Å². The molecule has 1 aromatic carbocycles. The van der Waals surface area contributed by atoms with E-state index >= 15 is 0 Å². The fraction of sp³-hybridized carbons (Fsp3) is 0.695. The number of imide groups is 1. The van der Waals surface area contributed by atoms with Crippen molar-refractivity contribution in [3.63, 3.8) is 0 Å². The van der Waals surface area contributed by atoms with Gasteiger partial charge in [-0.2, -0.15) is 0 Å². The van der Waals surface area contributed by atoms with Crippen molar-refractivity contribution in [3.05, 3.63) is 45.4 Å². The summed E-state index contributed by atoms with van der Waals surface area (Å²) < 4.78 is 28.0. The van der Waals surface area contributed by atoms with Gasteiger partial charge >= 0.3 is 12.1 Å². The molecule has 0 bridgehead atoms. The summed E-state index contributed by atoms with van der Waals surface area (Å²) in [4.78, 5) is 130. The second-order valence-electron chi connectivity index (χ2n) is 22.1. The van der Waals surface area contributed by atoms with Crippen molar-refractivity contribution >= 4 is 64.7 Å². The molecule has 2 fully saturated rings. The van der Waals surface area contributed by atoms with Gasteiger partial charge in [0, 0.05) is 69.3 Å². The monoisotopic (exact) mass is 1210 g/mol. The Hall–Kier alpha value is -6.32. The van der Waals surface area contributed by atoms with E-state index in [1.54, 1.807) is 11.4 Å². The van der Waals surface area contributed by atoms with Crippen molar-refractivity contribution < 1.29 is 76.8 Å².